The van der Waals surface area contributed by atoms with E-state index in [-0.39, 0.29) is 23.0 Å². The summed E-state index contributed by atoms with van der Waals surface area (Å²) in [6.45, 7) is 9.42. The van der Waals surface area contributed by atoms with Crippen LogP contribution in [0.15, 0.2) is 0 Å². The van der Waals surface area contributed by atoms with Crippen molar-refractivity contribution in [1.29, 1.82) is 0 Å². The van der Waals surface area contributed by atoms with Crippen LogP contribution in [-0.2, 0) is 26.6 Å². The van der Waals surface area contributed by atoms with Crippen LogP contribution in [0.2, 0.25) is 0 Å². The van der Waals surface area contributed by atoms with E-state index in [1.54, 1.807) is 0 Å². The van der Waals surface area contributed by atoms with Crippen LogP contribution < -0.4 is 0 Å². The molecule has 3 heteroatoms. The molecule has 0 aromatic carbocycles. The molecule has 0 unspecified atom stereocenters. The molecule has 70 valence electrons. The van der Waals surface area contributed by atoms with Crippen LogP contribution in [0.5, 0.6) is 0 Å². The van der Waals surface area contributed by atoms with E-state index in [1.165, 1.54) is 6.92 Å². The van der Waals surface area contributed by atoms with E-state index in [1.807, 2.05) is 13.8 Å². The number of hydrogen-bond donors (Lipinski definition) is 0. The van der Waals surface area contributed by atoms with E-state index in [2.05, 4.69) is 11.7 Å². The van der Waals surface area contributed by atoms with Crippen LogP contribution in [0, 0.1) is 6.92 Å². The monoisotopic (exact) mass is 201 g/mol. The van der Waals surface area contributed by atoms with Crippen LogP contribution >= 0.6 is 0 Å². The summed E-state index contributed by atoms with van der Waals surface area (Å²) in [6, 6.07) is 0. The van der Waals surface area contributed by atoms with Gasteiger partial charge in [-0.05, 0) is 6.42 Å². The molecule has 2 nitrogen and oxygen atoms in total. The Hall–Kier alpha value is -0.0105. The van der Waals surface area contributed by atoms with Gasteiger partial charge in [-0.1, -0.05) is 13.8 Å². The third kappa shape index (κ3) is 40.1. The minimum atomic E-state index is -0.193. The van der Waals surface area contributed by atoms with E-state index in [0.29, 0.717) is 6.61 Å². The summed E-state index contributed by atoms with van der Waals surface area (Å²) in [5, 5.41) is 0. The summed E-state index contributed by atoms with van der Waals surface area (Å²) < 4.78 is 4.55. The molecule has 0 amide bonds. The van der Waals surface area contributed by atoms with Crippen molar-refractivity contribution in [1.82, 2.24) is 0 Å². The molecule has 0 aromatic rings. The van der Waals surface area contributed by atoms with E-state index in [0.717, 1.165) is 12.8 Å². The Balaban J connectivity index is -0.000000140. The number of carbonyl (C=O) groups is 1. The molecule has 0 atom stereocenters. The van der Waals surface area contributed by atoms with E-state index < -0.39 is 0 Å². The van der Waals surface area contributed by atoms with Gasteiger partial charge in [-0.3, -0.25) is 4.79 Å². The number of esters is 1. The van der Waals surface area contributed by atoms with Gasteiger partial charge in [0.05, 0.1) is 6.61 Å². The Kier molecular flexibility index (Phi) is 25.8. The standard InChI is InChI=1S/C5H10O2.C3H7.Fe/c1-3-4-7-5(2)6;1-3-2;/h3-4H2,1-2H3;1,3H2,2H3;/q;-1;. The van der Waals surface area contributed by atoms with Crippen LogP contribution in [0.3, 0.4) is 0 Å². The molecule has 0 saturated heterocycles. The molecule has 0 spiro atoms. The predicted molar refractivity (Wildman–Crippen MR) is 42.6 cm³/mol. The Morgan fingerprint density at radius 1 is 1.45 bits per heavy atom. The second kappa shape index (κ2) is 16.5. The van der Waals surface area contributed by atoms with Gasteiger partial charge in [0.2, 0.25) is 0 Å². The van der Waals surface area contributed by atoms with E-state index in [9.17, 15) is 4.79 Å². The number of hydrogen-bond acceptors (Lipinski definition) is 2. The summed E-state index contributed by atoms with van der Waals surface area (Å²) in [6.07, 6.45) is 1.90. The molecule has 0 aliphatic rings. The topological polar surface area (TPSA) is 26.3 Å². The summed E-state index contributed by atoms with van der Waals surface area (Å²) in [5.74, 6) is -0.193. The van der Waals surface area contributed by atoms with Crippen molar-refractivity contribution >= 4 is 5.97 Å². The second-order valence-corrected chi connectivity index (χ2v) is 1.84. The molecular formula is C8H17FeO2-. The van der Waals surface area contributed by atoms with E-state index >= 15 is 0 Å². The first-order chi connectivity index (χ1) is 4.68. The van der Waals surface area contributed by atoms with Crippen LogP contribution in [0.25, 0.3) is 0 Å². The summed E-state index contributed by atoms with van der Waals surface area (Å²) in [7, 11) is 0. The number of carbonyl (C=O) groups excluding carboxylic acids is 1. The fourth-order valence-electron chi connectivity index (χ4n) is 0.246. The molecule has 11 heavy (non-hydrogen) atoms. The van der Waals surface area contributed by atoms with E-state index in [4.69, 9.17) is 0 Å². The fraction of sp³-hybridized carbons (Fsp3) is 0.750. The van der Waals surface area contributed by atoms with Crippen LogP contribution in [0.4, 0.5) is 0 Å². The van der Waals surface area contributed by atoms with Gasteiger partial charge in [0.15, 0.2) is 0 Å². The Morgan fingerprint density at radius 2 is 1.82 bits per heavy atom. The Labute approximate surface area is 80.2 Å². The molecule has 0 fully saturated rings. The quantitative estimate of drug-likeness (QED) is 0.389. The zero-order chi connectivity index (χ0) is 8.41. The van der Waals surface area contributed by atoms with Crippen molar-refractivity contribution in [2.75, 3.05) is 6.61 Å². The van der Waals surface area contributed by atoms with Crippen molar-refractivity contribution in [3.8, 4) is 0 Å². The van der Waals surface area contributed by atoms with Gasteiger partial charge in [-0.15, -0.1) is 0 Å². The van der Waals surface area contributed by atoms with Gasteiger partial charge in [-0.25, -0.2) is 0 Å². The zero-order valence-electron chi connectivity index (χ0n) is 7.50. The zero-order valence-corrected chi connectivity index (χ0v) is 8.60. The smallest absolute Gasteiger partial charge is 0.302 e. The van der Waals surface area contributed by atoms with Crippen molar-refractivity contribution < 1.29 is 26.6 Å². The van der Waals surface area contributed by atoms with Crippen molar-refractivity contribution in [3.63, 3.8) is 0 Å². The van der Waals surface area contributed by atoms with Gasteiger partial charge >= 0.3 is 5.97 Å². The Bertz CT molecular complexity index is 74.5. The number of ether oxygens (including phenoxy) is 1. The van der Waals surface area contributed by atoms with Crippen molar-refractivity contribution in [2.45, 2.75) is 33.6 Å². The first kappa shape index (κ1) is 17.2. The SMILES string of the molecule is CCCOC(C)=O.[CH2-]CC.[Fe]. The minimum absolute atomic E-state index is 0. The first-order valence-electron chi connectivity index (χ1n) is 3.61. The molecule has 0 saturated carbocycles. The van der Waals surface area contributed by atoms with Gasteiger partial charge < -0.3 is 11.7 Å². The van der Waals surface area contributed by atoms with Gasteiger partial charge in [0.25, 0.3) is 0 Å². The van der Waals surface area contributed by atoms with Gasteiger partial charge in [-0.2, -0.15) is 6.42 Å². The minimum Gasteiger partial charge on any atom is -0.466 e. The molecular weight excluding hydrogens is 184 g/mol. The molecule has 0 aromatic heterocycles. The third-order valence-electron chi connectivity index (χ3n) is 0.509. The van der Waals surface area contributed by atoms with Gasteiger partial charge in [0, 0.05) is 24.0 Å². The maximum Gasteiger partial charge on any atom is 0.302 e. The molecule has 0 heterocycles. The maximum absolute atomic E-state index is 9.98. The predicted octanol–water partition coefficient (Wildman–Crippen LogP) is 2.19. The maximum atomic E-state index is 9.98. The largest absolute Gasteiger partial charge is 0.466 e. The second-order valence-electron chi connectivity index (χ2n) is 1.84. The van der Waals surface area contributed by atoms with Crippen molar-refractivity contribution in [2.24, 2.45) is 0 Å². The van der Waals surface area contributed by atoms with Crippen molar-refractivity contribution in [3.05, 3.63) is 6.92 Å². The summed E-state index contributed by atoms with van der Waals surface area (Å²) in [4.78, 5) is 9.98. The summed E-state index contributed by atoms with van der Waals surface area (Å²) in [5.41, 5.74) is 0. The normalized spacial score (nSPS) is 6.91. The molecule has 0 aliphatic heterocycles. The fourth-order valence-corrected chi connectivity index (χ4v) is 0.246. The third-order valence-corrected chi connectivity index (χ3v) is 0.509. The molecule has 0 aliphatic carbocycles. The van der Waals surface area contributed by atoms with Crippen LogP contribution in [-0.4, -0.2) is 12.6 Å². The molecule has 0 N–H and O–H groups in total. The average molecular weight is 201 g/mol. The van der Waals surface area contributed by atoms with Gasteiger partial charge in [0.1, 0.15) is 0 Å². The average Bonchev–Trinajstić information content (AvgIpc) is 1.85. The number of rotatable bonds is 2. The first-order valence-corrected chi connectivity index (χ1v) is 3.61. The molecule has 0 bridgehead atoms. The summed E-state index contributed by atoms with van der Waals surface area (Å²) >= 11 is 0. The van der Waals surface area contributed by atoms with Crippen LogP contribution in [0.1, 0.15) is 33.6 Å². The molecule has 0 radical (unpaired) electrons. The molecule has 0 rings (SSSR count). The Morgan fingerprint density at radius 3 is 1.91 bits per heavy atom.